The van der Waals surface area contributed by atoms with Crippen molar-refractivity contribution in [2.24, 2.45) is 5.73 Å². The summed E-state index contributed by atoms with van der Waals surface area (Å²) in [5, 5.41) is 0. The summed E-state index contributed by atoms with van der Waals surface area (Å²) in [5.41, 5.74) is 5.40. The predicted molar refractivity (Wildman–Crippen MR) is 55.4 cm³/mol. The van der Waals surface area contributed by atoms with Gasteiger partial charge in [-0.1, -0.05) is 0 Å². The number of carbonyl (C=O) groups excluding carboxylic acids is 2. The molecule has 0 aromatic carbocycles. The van der Waals surface area contributed by atoms with E-state index in [9.17, 15) is 22.8 Å². The number of hydrogen-bond acceptors (Lipinski definition) is 4. The van der Waals surface area contributed by atoms with E-state index >= 15 is 0 Å². The molecule has 1 heterocycles. The molecule has 0 spiro atoms. The fourth-order valence-electron chi connectivity index (χ4n) is 1.68. The van der Waals surface area contributed by atoms with E-state index < -0.39 is 30.2 Å². The Morgan fingerprint density at radius 1 is 1.28 bits per heavy atom. The molecular formula is C10H15F3N2O3. The summed E-state index contributed by atoms with van der Waals surface area (Å²) >= 11 is 0. The van der Waals surface area contributed by atoms with Gasteiger partial charge in [0.25, 0.3) is 5.91 Å². The lowest BCUT2D eigenvalue weighted by Crippen LogP contribution is -2.50. The second-order valence-corrected chi connectivity index (χ2v) is 4.22. The first-order chi connectivity index (χ1) is 8.23. The Balaban J connectivity index is 2.71. The number of esters is 1. The molecule has 5 nitrogen and oxygen atoms in total. The number of alkyl halides is 3. The van der Waals surface area contributed by atoms with Crippen LogP contribution in [0.15, 0.2) is 0 Å². The molecule has 0 radical (unpaired) electrons. The van der Waals surface area contributed by atoms with Gasteiger partial charge >= 0.3 is 12.1 Å². The van der Waals surface area contributed by atoms with Gasteiger partial charge in [0, 0.05) is 19.1 Å². The van der Waals surface area contributed by atoms with Gasteiger partial charge < -0.3 is 15.4 Å². The van der Waals surface area contributed by atoms with E-state index in [1.807, 2.05) is 0 Å². The van der Waals surface area contributed by atoms with Crippen LogP contribution in [0, 0.1) is 0 Å². The fraction of sp³-hybridized carbons (Fsp3) is 0.800. The number of ether oxygens (including phenoxy) is 1. The number of nitrogens with two attached hydrogens (primary N) is 1. The van der Waals surface area contributed by atoms with Crippen LogP contribution < -0.4 is 5.73 Å². The highest BCUT2D eigenvalue weighted by Gasteiger charge is 2.44. The molecule has 1 amide bonds. The van der Waals surface area contributed by atoms with Crippen molar-refractivity contribution in [1.29, 1.82) is 0 Å². The second kappa shape index (κ2) is 5.55. The highest BCUT2D eigenvalue weighted by atomic mass is 19.4. The van der Waals surface area contributed by atoms with Crippen molar-refractivity contribution in [2.75, 3.05) is 13.1 Å². The van der Waals surface area contributed by atoms with Crippen molar-refractivity contribution < 1.29 is 27.5 Å². The zero-order valence-electron chi connectivity index (χ0n) is 9.87. The monoisotopic (exact) mass is 268 g/mol. The molecule has 8 heteroatoms. The lowest BCUT2D eigenvalue weighted by Gasteiger charge is -2.25. The summed E-state index contributed by atoms with van der Waals surface area (Å²) in [4.78, 5) is 23.9. The van der Waals surface area contributed by atoms with Crippen LogP contribution in [0.5, 0.6) is 0 Å². The van der Waals surface area contributed by atoms with Crippen LogP contribution in [0.4, 0.5) is 13.2 Å². The number of nitrogens with zero attached hydrogens (tertiary/aromatic N) is 1. The van der Waals surface area contributed by atoms with E-state index in [1.54, 1.807) is 0 Å². The average molecular weight is 268 g/mol. The van der Waals surface area contributed by atoms with Gasteiger partial charge in [0.05, 0.1) is 0 Å². The Bertz CT molecular complexity index is 325. The van der Waals surface area contributed by atoms with Crippen molar-refractivity contribution in [3.63, 3.8) is 0 Å². The SMILES string of the molecule is C[C@@H](N)C(OC(=O)C(F)(F)F)C(=O)N1CCCC1. The van der Waals surface area contributed by atoms with Crippen molar-refractivity contribution in [3.8, 4) is 0 Å². The molecule has 1 rings (SSSR count). The first-order valence-electron chi connectivity index (χ1n) is 5.55. The van der Waals surface area contributed by atoms with Gasteiger partial charge in [-0.15, -0.1) is 0 Å². The number of likely N-dealkylation sites (tertiary alicyclic amines) is 1. The largest absolute Gasteiger partial charge is 0.490 e. The summed E-state index contributed by atoms with van der Waals surface area (Å²) in [6.45, 7) is 2.22. The van der Waals surface area contributed by atoms with E-state index in [0.29, 0.717) is 13.1 Å². The Hall–Kier alpha value is -1.31. The lowest BCUT2D eigenvalue weighted by molar-refractivity contribution is -0.207. The number of rotatable bonds is 3. The maximum atomic E-state index is 12.1. The fourth-order valence-corrected chi connectivity index (χ4v) is 1.68. The number of amides is 1. The summed E-state index contributed by atoms with van der Waals surface area (Å²) < 4.78 is 40.4. The van der Waals surface area contributed by atoms with Gasteiger partial charge in [0.15, 0.2) is 6.10 Å². The van der Waals surface area contributed by atoms with E-state index in [2.05, 4.69) is 4.74 Å². The topological polar surface area (TPSA) is 72.6 Å². The standard InChI is InChI=1S/C10H15F3N2O3/c1-6(14)7(18-9(17)10(11,12)13)8(16)15-4-2-3-5-15/h6-7H,2-5,14H2,1H3/t6-,7?/m1/s1. The Labute approximate surface area is 102 Å². The zero-order chi connectivity index (χ0) is 13.9. The Morgan fingerprint density at radius 3 is 2.17 bits per heavy atom. The summed E-state index contributed by atoms with van der Waals surface area (Å²) in [5.74, 6) is -3.06. The first kappa shape index (κ1) is 14.7. The van der Waals surface area contributed by atoms with Crippen LogP contribution in [-0.4, -0.2) is 48.2 Å². The second-order valence-electron chi connectivity index (χ2n) is 4.22. The maximum Gasteiger partial charge on any atom is 0.490 e. The molecule has 0 aliphatic carbocycles. The van der Waals surface area contributed by atoms with E-state index in [4.69, 9.17) is 5.73 Å². The third-order valence-corrected chi connectivity index (χ3v) is 2.60. The van der Waals surface area contributed by atoms with Crippen LogP contribution in [-0.2, 0) is 14.3 Å². The van der Waals surface area contributed by atoms with Crippen LogP contribution >= 0.6 is 0 Å². The summed E-state index contributed by atoms with van der Waals surface area (Å²) in [6, 6.07) is -0.996. The van der Waals surface area contributed by atoms with Crippen LogP contribution in [0.3, 0.4) is 0 Å². The number of halogens is 3. The quantitative estimate of drug-likeness (QED) is 0.753. The van der Waals surface area contributed by atoms with Gasteiger partial charge in [-0.3, -0.25) is 4.79 Å². The third kappa shape index (κ3) is 3.59. The van der Waals surface area contributed by atoms with Crippen molar-refractivity contribution in [3.05, 3.63) is 0 Å². The third-order valence-electron chi connectivity index (χ3n) is 2.60. The summed E-state index contributed by atoms with van der Waals surface area (Å²) in [7, 11) is 0. The number of carbonyl (C=O) groups is 2. The molecule has 1 unspecified atom stereocenters. The molecule has 104 valence electrons. The van der Waals surface area contributed by atoms with E-state index in [1.165, 1.54) is 11.8 Å². The molecule has 2 atom stereocenters. The molecule has 1 fully saturated rings. The highest BCUT2D eigenvalue weighted by Crippen LogP contribution is 2.19. The summed E-state index contributed by atoms with van der Waals surface area (Å²) in [6.07, 6.45) is -5.15. The molecule has 0 bridgehead atoms. The number of hydrogen-bond donors (Lipinski definition) is 1. The Morgan fingerprint density at radius 2 is 1.78 bits per heavy atom. The molecule has 1 saturated heterocycles. The molecule has 2 N–H and O–H groups in total. The minimum Gasteiger partial charge on any atom is -0.444 e. The van der Waals surface area contributed by atoms with Gasteiger partial charge in [-0.05, 0) is 19.8 Å². The van der Waals surface area contributed by atoms with E-state index in [-0.39, 0.29) is 0 Å². The lowest BCUT2D eigenvalue weighted by atomic mass is 10.1. The highest BCUT2D eigenvalue weighted by molar-refractivity contribution is 5.86. The van der Waals surface area contributed by atoms with Gasteiger partial charge in [0.1, 0.15) is 0 Å². The molecular weight excluding hydrogens is 253 g/mol. The smallest absolute Gasteiger partial charge is 0.444 e. The van der Waals surface area contributed by atoms with Crippen LogP contribution in [0.1, 0.15) is 19.8 Å². The molecule has 18 heavy (non-hydrogen) atoms. The molecule has 0 aromatic rings. The van der Waals surface area contributed by atoms with Crippen molar-refractivity contribution >= 4 is 11.9 Å². The minimum atomic E-state index is -5.13. The molecule has 1 aliphatic heterocycles. The van der Waals surface area contributed by atoms with Crippen LogP contribution in [0.2, 0.25) is 0 Å². The average Bonchev–Trinajstić information content (AvgIpc) is 2.75. The van der Waals surface area contributed by atoms with E-state index in [0.717, 1.165) is 12.8 Å². The van der Waals surface area contributed by atoms with Crippen LogP contribution in [0.25, 0.3) is 0 Å². The van der Waals surface area contributed by atoms with Gasteiger partial charge in [0.2, 0.25) is 0 Å². The normalized spacial score (nSPS) is 19.5. The molecule has 1 aliphatic rings. The first-order valence-corrected chi connectivity index (χ1v) is 5.55. The molecule has 0 aromatic heterocycles. The van der Waals surface area contributed by atoms with Gasteiger partial charge in [-0.2, -0.15) is 13.2 Å². The molecule has 0 saturated carbocycles. The van der Waals surface area contributed by atoms with Crippen molar-refractivity contribution in [1.82, 2.24) is 4.90 Å². The van der Waals surface area contributed by atoms with Gasteiger partial charge in [-0.25, -0.2) is 4.79 Å². The predicted octanol–water partition coefficient (Wildman–Crippen LogP) is 0.430. The minimum absolute atomic E-state index is 0.450. The zero-order valence-corrected chi connectivity index (χ0v) is 9.87. The maximum absolute atomic E-state index is 12.1. The Kier molecular flexibility index (Phi) is 4.55. The van der Waals surface area contributed by atoms with Crippen molar-refractivity contribution in [2.45, 2.75) is 38.1 Å².